The van der Waals surface area contributed by atoms with E-state index in [0.717, 1.165) is 9.36 Å². The van der Waals surface area contributed by atoms with E-state index in [2.05, 4.69) is 30.6 Å². The van der Waals surface area contributed by atoms with Gasteiger partial charge in [-0.15, -0.1) is 10.2 Å². The Bertz CT molecular complexity index is 1790. The molecule has 0 saturated carbocycles. The summed E-state index contributed by atoms with van der Waals surface area (Å²) >= 11 is 6.31. The second-order valence-electron chi connectivity index (χ2n) is 8.89. The Kier molecular flexibility index (Phi) is 7.79. The van der Waals surface area contributed by atoms with Crippen molar-refractivity contribution in [3.8, 4) is 22.6 Å². The summed E-state index contributed by atoms with van der Waals surface area (Å²) in [6.45, 7) is -1.06. The number of aromatic nitrogens is 8. The van der Waals surface area contributed by atoms with Crippen LogP contribution >= 0.6 is 11.6 Å². The van der Waals surface area contributed by atoms with Crippen LogP contribution in [0.4, 0.5) is 26.3 Å². The Morgan fingerprint density at radius 2 is 1.58 bits per heavy atom. The van der Waals surface area contributed by atoms with Crippen molar-refractivity contribution in [2.75, 3.05) is 0 Å². The van der Waals surface area contributed by atoms with Gasteiger partial charge >= 0.3 is 12.4 Å². The lowest BCUT2D eigenvalue weighted by molar-refractivity contribution is -0.143. The first kappa shape index (κ1) is 29.5. The molecule has 0 unspecified atom stereocenters. The first-order chi connectivity index (χ1) is 20.4. The number of alkyl halides is 6. The molecule has 0 aliphatic carbocycles. The maximum absolute atomic E-state index is 14.0. The lowest BCUT2D eigenvalue weighted by Crippen LogP contribution is -2.16. The van der Waals surface area contributed by atoms with Crippen molar-refractivity contribution in [2.45, 2.75) is 25.4 Å². The van der Waals surface area contributed by atoms with Gasteiger partial charge in [-0.25, -0.2) is 9.36 Å². The van der Waals surface area contributed by atoms with Gasteiger partial charge < -0.3 is 4.79 Å². The van der Waals surface area contributed by atoms with E-state index >= 15 is 0 Å². The van der Waals surface area contributed by atoms with E-state index in [-0.39, 0.29) is 33.9 Å². The van der Waals surface area contributed by atoms with Crippen molar-refractivity contribution in [3.63, 3.8) is 0 Å². The first-order valence-electron chi connectivity index (χ1n) is 12.0. The van der Waals surface area contributed by atoms with Crippen molar-refractivity contribution in [2.24, 2.45) is 0 Å². The maximum Gasteiger partial charge on any atom is 0.416 e. The second kappa shape index (κ2) is 11.4. The molecule has 0 radical (unpaired) electrons. The third kappa shape index (κ3) is 5.99. The molecule has 43 heavy (non-hydrogen) atoms. The summed E-state index contributed by atoms with van der Waals surface area (Å²) in [6, 6.07) is 7.44. The molecule has 220 valence electrons. The highest BCUT2D eigenvalue weighted by molar-refractivity contribution is 6.33. The lowest BCUT2D eigenvalue weighted by Gasteiger charge is -2.15. The molecule has 0 bridgehead atoms. The van der Waals surface area contributed by atoms with Crippen LogP contribution in [-0.4, -0.2) is 52.0 Å². The Morgan fingerprint density at radius 1 is 0.907 bits per heavy atom. The molecule has 0 spiro atoms. The van der Waals surface area contributed by atoms with Crippen LogP contribution in [0.15, 0.2) is 61.1 Å². The Morgan fingerprint density at radius 3 is 2.19 bits per heavy atom. The Labute approximate surface area is 241 Å². The van der Waals surface area contributed by atoms with E-state index in [1.54, 1.807) is 18.2 Å². The lowest BCUT2D eigenvalue weighted by atomic mass is 10.0. The molecule has 0 amide bonds. The van der Waals surface area contributed by atoms with Crippen molar-refractivity contribution in [3.05, 3.63) is 94.2 Å². The van der Waals surface area contributed by atoms with E-state index in [4.69, 9.17) is 11.6 Å². The zero-order chi connectivity index (χ0) is 30.9. The molecule has 0 fully saturated rings. The van der Waals surface area contributed by atoms with E-state index in [0.29, 0.717) is 24.0 Å². The van der Waals surface area contributed by atoms with Crippen LogP contribution in [0.2, 0.25) is 5.02 Å². The van der Waals surface area contributed by atoms with E-state index < -0.39 is 53.6 Å². The van der Waals surface area contributed by atoms with Gasteiger partial charge in [0.15, 0.2) is 5.69 Å². The van der Waals surface area contributed by atoms with Gasteiger partial charge in [0.2, 0.25) is 5.78 Å². The molecule has 0 saturated heterocycles. The summed E-state index contributed by atoms with van der Waals surface area (Å²) < 4.78 is 82.8. The highest BCUT2D eigenvalue weighted by Crippen LogP contribution is 2.37. The smallest absolute Gasteiger partial charge is 0.301 e. The van der Waals surface area contributed by atoms with Gasteiger partial charge in [-0.2, -0.15) is 26.3 Å². The summed E-state index contributed by atoms with van der Waals surface area (Å²) in [5.41, 5.74) is -4.03. The molecular weight excluding hydrogens is 606 g/mol. The largest absolute Gasteiger partial charge is 0.416 e. The highest BCUT2D eigenvalue weighted by Gasteiger charge is 2.37. The summed E-state index contributed by atoms with van der Waals surface area (Å²) in [4.78, 5) is 33.4. The standard InChI is InChI=1S/C26H15ClF6N8O2/c27-18-4-2-1-3-17(18)20-23(40(7-8-42)38-36-20)24(43)21-22(19-12-34-5-6-35-19)41(39-37-21)13-14-9-15(25(28,29)30)11-16(10-14)26(31,32)33/h1-6,8-12H,7,13H2. The number of carbonyl (C=O) groups is 2. The van der Waals surface area contributed by atoms with Gasteiger partial charge in [0.1, 0.15) is 29.1 Å². The minimum absolute atomic E-state index is 0.000800. The van der Waals surface area contributed by atoms with Gasteiger partial charge in [0, 0.05) is 18.0 Å². The number of hydrogen-bond acceptors (Lipinski definition) is 8. The maximum atomic E-state index is 14.0. The van der Waals surface area contributed by atoms with Crippen molar-refractivity contribution in [1.29, 1.82) is 0 Å². The Balaban J connectivity index is 1.67. The molecule has 0 N–H and O–H groups in total. The van der Waals surface area contributed by atoms with Crippen LogP contribution in [-0.2, 0) is 30.2 Å². The van der Waals surface area contributed by atoms with Crippen LogP contribution < -0.4 is 0 Å². The van der Waals surface area contributed by atoms with E-state index in [1.807, 2.05) is 0 Å². The van der Waals surface area contributed by atoms with Gasteiger partial charge in [-0.05, 0) is 29.8 Å². The molecule has 5 rings (SSSR count). The van der Waals surface area contributed by atoms with E-state index in [9.17, 15) is 35.9 Å². The number of nitrogens with zero attached hydrogens (tertiary/aromatic N) is 8. The summed E-state index contributed by atoms with van der Waals surface area (Å²) in [7, 11) is 0. The normalized spacial score (nSPS) is 12.0. The molecule has 17 heteroatoms. The average Bonchev–Trinajstić information content (AvgIpc) is 3.57. The van der Waals surface area contributed by atoms with Gasteiger partial charge in [0.05, 0.1) is 35.4 Å². The molecule has 2 aromatic carbocycles. The van der Waals surface area contributed by atoms with Gasteiger partial charge in [0.25, 0.3) is 0 Å². The third-order valence-electron chi connectivity index (χ3n) is 6.06. The fraction of sp³-hybridized carbons (Fsp3) is 0.154. The number of aldehydes is 1. The summed E-state index contributed by atoms with van der Waals surface area (Å²) in [5, 5.41) is 15.9. The van der Waals surface area contributed by atoms with Crippen molar-refractivity contribution >= 4 is 23.7 Å². The molecule has 5 aromatic rings. The van der Waals surface area contributed by atoms with Crippen LogP contribution in [0.1, 0.15) is 32.9 Å². The fourth-order valence-corrected chi connectivity index (χ4v) is 4.44. The molecule has 0 aliphatic heterocycles. The molecule has 0 aliphatic rings. The summed E-state index contributed by atoms with van der Waals surface area (Å²) in [5.74, 6) is -0.881. The zero-order valence-corrected chi connectivity index (χ0v) is 22.1. The van der Waals surface area contributed by atoms with Crippen LogP contribution in [0.25, 0.3) is 22.6 Å². The van der Waals surface area contributed by atoms with Crippen LogP contribution in [0.3, 0.4) is 0 Å². The SMILES string of the molecule is O=CCn1nnc(-c2ccccc2Cl)c1C(=O)c1nnn(Cc2cc(C(F)(F)F)cc(C(F)(F)F)c2)c1-c1cnccn1. The number of carbonyl (C=O) groups excluding carboxylic acids is 2. The van der Waals surface area contributed by atoms with E-state index in [1.165, 1.54) is 24.7 Å². The second-order valence-corrected chi connectivity index (χ2v) is 9.30. The predicted octanol–water partition coefficient (Wildman–Crippen LogP) is 5.16. The summed E-state index contributed by atoms with van der Waals surface area (Å²) in [6.07, 6.45) is -5.93. The molecular formula is C26H15ClF6N8O2. The highest BCUT2D eigenvalue weighted by atomic mass is 35.5. The fourth-order valence-electron chi connectivity index (χ4n) is 4.22. The predicted molar refractivity (Wildman–Crippen MR) is 137 cm³/mol. The minimum atomic E-state index is -5.08. The van der Waals surface area contributed by atoms with Crippen LogP contribution in [0, 0.1) is 0 Å². The van der Waals surface area contributed by atoms with Gasteiger partial charge in [-0.1, -0.05) is 40.2 Å². The molecule has 10 nitrogen and oxygen atoms in total. The topological polar surface area (TPSA) is 121 Å². The van der Waals surface area contributed by atoms with Crippen molar-refractivity contribution in [1.82, 2.24) is 40.0 Å². The van der Waals surface area contributed by atoms with Crippen LogP contribution in [0.5, 0.6) is 0 Å². The zero-order valence-electron chi connectivity index (χ0n) is 21.3. The Hall–Kier alpha value is -4.99. The minimum Gasteiger partial charge on any atom is -0.301 e. The monoisotopic (exact) mass is 620 g/mol. The molecule has 3 aromatic heterocycles. The number of hydrogen-bond donors (Lipinski definition) is 0. The first-order valence-corrected chi connectivity index (χ1v) is 12.4. The quantitative estimate of drug-likeness (QED) is 0.132. The number of ketones is 1. The van der Waals surface area contributed by atoms with Gasteiger partial charge in [-0.3, -0.25) is 14.8 Å². The number of rotatable bonds is 8. The third-order valence-corrected chi connectivity index (χ3v) is 6.39. The molecule has 3 heterocycles. The van der Waals surface area contributed by atoms with Crippen molar-refractivity contribution < 1.29 is 35.9 Å². The molecule has 0 atom stereocenters. The number of benzene rings is 2. The average molecular weight is 621 g/mol. The number of halogens is 7.